The molecule has 0 N–H and O–H groups in total. The third-order valence-corrected chi connectivity index (χ3v) is 1.000. The molecule has 0 aromatic rings. The fourth-order valence-corrected chi connectivity index (χ4v) is 0.374. The van der Waals surface area contributed by atoms with E-state index in [9.17, 15) is 0 Å². The van der Waals surface area contributed by atoms with E-state index in [2.05, 4.69) is 19.5 Å². The summed E-state index contributed by atoms with van der Waals surface area (Å²) in [4.78, 5) is 2.26. The predicted molar refractivity (Wildman–Crippen MR) is 36.4 cm³/mol. The maximum absolute atomic E-state index is 8.12. The molecular weight excluding hydrogens is 152 g/mol. The molecule has 0 heterocycles. The molecule has 0 rings (SSSR count). The number of hydrogen-bond donors (Lipinski definition) is 0. The molecule has 0 saturated carbocycles. The van der Waals surface area contributed by atoms with Crippen molar-refractivity contribution >= 4 is 15.8 Å². The molecule has 0 aromatic carbocycles. The molecule has 0 amide bonds. The van der Waals surface area contributed by atoms with E-state index in [0.29, 0.717) is 0 Å². The van der Waals surface area contributed by atoms with Gasteiger partial charge in [-0.05, 0) is 0 Å². The second-order valence-corrected chi connectivity index (χ2v) is 1.95. The van der Waals surface area contributed by atoms with Crippen LogP contribution in [-0.4, -0.2) is 5.16 Å². The van der Waals surface area contributed by atoms with Gasteiger partial charge in [0.2, 0.25) is 5.40 Å². The van der Waals surface area contributed by atoms with E-state index < -0.39 is 10.7 Å². The Morgan fingerprint density at radius 1 is 1.70 bits per heavy atom. The molecule has 0 radical (unpaired) electrons. The summed E-state index contributed by atoms with van der Waals surface area (Å²) < 4.78 is 2.81. The highest BCUT2D eigenvalue weighted by Gasteiger charge is 1.91. The normalized spacial score (nSPS) is 9.00. The third kappa shape index (κ3) is 3.25. The van der Waals surface area contributed by atoms with Crippen LogP contribution in [-0.2, 0) is 0 Å². The van der Waals surface area contributed by atoms with Crippen molar-refractivity contribution in [1.29, 1.82) is 5.26 Å². The van der Waals surface area contributed by atoms with Crippen LogP contribution in [0.25, 0.3) is 14.7 Å². The van der Waals surface area contributed by atoms with Gasteiger partial charge in [0.25, 0.3) is 5.16 Å². The molecule has 0 aliphatic heterocycles. The van der Waals surface area contributed by atoms with Gasteiger partial charge in [0.1, 0.15) is 0 Å². The van der Waals surface area contributed by atoms with Crippen molar-refractivity contribution in [3.63, 3.8) is 0 Å². The SMILES string of the molecule is [C-]#[N+]S(=C=NN=[N+]=[N-])C#N. The van der Waals surface area contributed by atoms with Crippen LogP contribution < -0.4 is 0 Å². The Labute approximate surface area is 58.9 Å². The lowest BCUT2D eigenvalue weighted by atomic mass is 11.7. The molecule has 1 unspecified atom stereocenters. The Bertz CT molecular complexity index is 287. The zero-order chi connectivity index (χ0) is 7.82. The standard InChI is InChI=1S/C3N6S/c1-6-10(2-4)3-7-9-8-5. The summed E-state index contributed by atoms with van der Waals surface area (Å²) in [7, 11) is -1.32. The van der Waals surface area contributed by atoms with Gasteiger partial charge in [-0.2, -0.15) is 10.2 Å². The van der Waals surface area contributed by atoms with Crippen LogP contribution in [0.2, 0.25) is 0 Å². The highest BCUT2D eigenvalue weighted by atomic mass is 32.2. The van der Waals surface area contributed by atoms with Crippen molar-refractivity contribution in [2.45, 2.75) is 0 Å². The quantitative estimate of drug-likeness (QED) is 0.0821. The topological polar surface area (TPSA) is 89.3 Å². The summed E-state index contributed by atoms with van der Waals surface area (Å²) in [5.74, 6) is 0. The van der Waals surface area contributed by atoms with Gasteiger partial charge in [0.15, 0.2) is 0 Å². The van der Waals surface area contributed by atoms with Crippen molar-refractivity contribution in [1.82, 2.24) is 0 Å². The Kier molecular flexibility index (Phi) is 4.40. The molecule has 7 heteroatoms. The molecule has 10 heavy (non-hydrogen) atoms. The largest absolute Gasteiger partial charge is 0.351 e. The first-order chi connectivity index (χ1) is 4.85. The maximum atomic E-state index is 8.12. The third-order valence-electron chi connectivity index (χ3n) is 0.390. The Balaban J connectivity index is 4.62. The van der Waals surface area contributed by atoms with E-state index in [1.54, 1.807) is 5.40 Å². The molecular formula is C3N6S. The van der Waals surface area contributed by atoms with Crippen molar-refractivity contribution in [3.8, 4) is 5.40 Å². The van der Waals surface area contributed by atoms with Crippen LogP contribution in [0.5, 0.6) is 0 Å². The minimum absolute atomic E-state index is 1.32. The van der Waals surface area contributed by atoms with Crippen LogP contribution in [0.1, 0.15) is 0 Å². The van der Waals surface area contributed by atoms with Crippen LogP contribution in [0.3, 0.4) is 0 Å². The zero-order valence-corrected chi connectivity index (χ0v) is 5.41. The summed E-state index contributed by atoms with van der Waals surface area (Å²) in [6, 6.07) is 0. The number of hydrogen-bond acceptors (Lipinski definition) is 2. The summed E-state index contributed by atoms with van der Waals surface area (Å²) >= 11 is 0. The monoisotopic (exact) mass is 152 g/mol. The Hall–Kier alpha value is -1.78. The number of thiocyanates is 1. The van der Waals surface area contributed by atoms with Crippen LogP contribution in [0.15, 0.2) is 10.3 Å². The lowest BCUT2D eigenvalue weighted by Gasteiger charge is -1.59. The van der Waals surface area contributed by atoms with Gasteiger partial charge >= 0.3 is 10.7 Å². The number of nitriles is 1. The van der Waals surface area contributed by atoms with E-state index in [4.69, 9.17) is 17.4 Å². The molecule has 0 fully saturated rings. The molecule has 1 atom stereocenters. The number of rotatable bonds is 1. The van der Waals surface area contributed by atoms with E-state index >= 15 is 0 Å². The first kappa shape index (κ1) is 8.22. The second kappa shape index (κ2) is 5.36. The van der Waals surface area contributed by atoms with E-state index in [0.717, 1.165) is 0 Å². The molecule has 0 aliphatic carbocycles. The average Bonchev–Trinajstić information content (AvgIpc) is 1.99. The smallest absolute Gasteiger partial charge is 0.214 e. The second-order valence-electron chi connectivity index (χ2n) is 0.837. The van der Waals surface area contributed by atoms with Gasteiger partial charge in [0, 0.05) is 10.3 Å². The van der Waals surface area contributed by atoms with Gasteiger partial charge in [0.05, 0.1) is 0 Å². The molecule has 0 bridgehead atoms. The Morgan fingerprint density at radius 3 is 2.80 bits per heavy atom. The molecule has 0 saturated heterocycles. The van der Waals surface area contributed by atoms with E-state index in [1.807, 2.05) is 5.16 Å². The summed E-state index contributed by atoms with van der Waals surface area (Å²) in [6.45, 7) is 6.35. The number of azide groups is 1. The van der Waals surface area contributed by atoms with Gasteiger partial charge in [-0.1, -0.05) is 0 Å². The minimum atomic E-state index is -1.32. The van der Waals surface area contributed by atoms with Crippen LogP contribution >= 0.6 is 10.7 Å². The Morgan fingerprint density at radius 2 is 2.40 bits per heavy atom. The number of isothiocyanates is 1. The lowest BCUT2D eigenvalue weighted by Crippen LogP contribution is -1.50. The zero-order valence-electron chi connectivity index (χ0n) is 4.59. The highest BCUT2D eigenvalue weighted by molar-refractivity contribution is 8.20. The fraction of sp³-hybridized carbons (Fsp3) is 0. The molecule has 0 aromatic heterocycles. The maximum Gasteiger partial charge on any atom is 0.351 e. The van der Waals surface area contributed by atoms with Crippen molar-refractivity contribution in [2.24, 2.45) is 10.3 Å². The first-order valence-corrected chi connectivity index (χ1v) is 3.04. The van der Waals surface area contributed by atoms with Gasteiger partial charge in [-0.25, -0.2) is 10.8 Å². The summed E-state index contributed by atoms with van der Waals surface area (Å²) in [6.07, 6.45) is 0. The van der Waals surface area contributed by atoms with Crippen molar-refractivity contribution in [3.05, 3.63) is 21.3 Å². The highest BCUT2D eigenvalue weighted by Crippen LogP contribution is 2.06. The molecule has 6 nitrogen and oxygen atoms in total. The lowest BCUT2D eigenvalue weighted by molar-refractivity contribution is 1.23. The first-order valence-electron chi connectivity index (χ1n) is 1.86. The fourth-order valence-electron chi connectivity index (χ4n) is 0.138. The number of nitrogens with zero attached hydrogens (tertiary/aromatic N) is 6. The van der Waals surface area contributed by atoms with Crippen LogP contribution in [0, 0.1) is 17.2 Å². The van der Waals surface area contributed by atoms with Gasteiger partial charge < -0.3 is 0 Å². The molecule has 48 valence electrons. The van der Waals surface area contributed by atoms with Gasteiger partial charge in [-0.3, -0.25) is 0 Å². The summed E-state index contributed by atoms with van der Waals surface area (Å²) in [5.41, 5.74) is 7.69. The van der Waals surface area contributed by atoms with E-state index in [-0.39, 0.29) is 0 Å². The van der Waals surface area contributed by atoms with E-state index in [1.165, 1.54) is 0 Å². The minimum Gasteiger partial charge on any atom is -0.214 e. The summed E-state index contributed by atoms with van der Waals surface area (Å²) in [5, 5.41) is 17.4. The molecule has 0 spiro atoms. The van der Waals surface area contributed by atoms with Crippen molar-refractivity contribution in [2.75, 3.05) is 0 Å². The predicted octanol–water partition coefficient (Wildman–Crippen LogP) is 1.70. The van der Waals surface area contributed by atoms with Gasteiger partial charge in [-0.15, -0.1) is 5.53 Å². The average molecular weight is 152 g/mol. The van der Waals surface area contributed by atoms with Crippen LogP contribution in [0.4, 0.5) is 0 Å². The van der Waals surface area contributed by atoms with Crippen molar-refractivity contribution < 1.29 is 0 Å². The molecule has 0 aliphatic rings.